The molecule has 0 N–H and O–H groups in total. The van der Waals surface area contributed by atoms with E-state index >= 15 is 0 Å². The van der Waals surface area contributed by atoms with Crippen molar-refractivity contribution in [3.63, 3.8) is 0 Å². The molecule has 0 spiro atoms. The Bertz CT molecular complexity index is 791. The van der Waals surface area contributed by atoms with Crippen molar-refractivity contribution in [2.24, 2.45) is 0 Å². The molecule has 1 saturated heterocycles. The van der Waals surface area contributed by atoms with Crippen LogP contribution in [-0.2, 0) is 0 Å². The highest BCUT2D eigenvalue weighted by atomic mass is 79.9. The number of pyridine rings is 1. The van der Waals surface area contributed by atoms with Crippen molar-refractivity contribution in [2.45, 2.75) is 19.3 Å². The lowest BCUT2D eigenvalue weighted by molar-refractivity contribution is 0.573. The topological polar surface area (TPSA) is 29.0 Å². The Labute approximate surface area is 142 Å². The Morgan fingerprint density at radius 2 is 1.91 bits per heavy atom. The van der Waals surface area contributed by atoms with E-state index in [1.54, 1.807) is 11.3 Å². The largest absolute Gasteiger partial charge is 0.357 e. The monoisotopic (exact) mass is 373 g/mol. The van der Waals surface area contributed by atoms with Crippen LogP contribution in [0, 0.1) is 0 Å². The molecular formula is C17H16BrN3S. The fourth-order valence-electron chi connectivity index (χ4n) is 2.84. The van der Waals surface area contributed by atoms with Gasteiger partial charge in [-0.15, -0.1) is 11.3 Å². The first-order valence-corrected chi connectivity index (χ1v) is 9.18. The van der Waals surface area contributed by atoms with Gasteiger partial charge in [-0.3, -0.25) is 0 Å². The summed E-state index contributed by atoms with van der Waals surface area (Å²) < 4.78 is 2.29. The summed E-state index contributed by atoms with van der Waals surface area (Å²) in [5.41, 5.74) is 2.14. The highest BCUT2D eigenvalue weighted by Crippen LogP contribution is 2.32. The number of halogens is 1. The maximum atomic E-state index is 4.71. The number of nitrogens with zero attached hydrogens (tertiary/aromatic N) is 3. The van der Waals surface area contributed by atoms with Gasteiger partial charge < -0.3 is 4.90 Å². The van der Waals surface area contributed by atoms with E-state index in [1.807, 2.05) is 12.3 Å². The second-order valence-electron chi connectivity index (χ2n) is 5.58. The van der Waals surface area contributed by atoms with E-state index in [1.165, 1.54) is 24.0 Å². The molecule has 2 aromatic heterocycles. The number of anilines is 1. The van der Waals surface area contributed by atoms with E-state index in [0.29, 0.717) is 0 Å². The zero-order chi connectivity index (χ0) is 14.9. The third-order valence-electron chi connectivity index (χ3n) is 4.03. The predicted molar refractivity (Wildman–Crippen MR) is 96.6 cm³/mol. The number of thiazole rings is 1. The molecule has 0 atom stereocenters. The first-order valence-electron chi connectivity index (χ1n) is 7.57. The summed E-state index contributed by atoms with van der Waals surface area (Å²) in [6, 6.07) is 10.5. The number of hydrogen-bond donors (Lipinski definition) is 0. The van der Waals surface area contributed by atoms with Crippen molar-refractivity contribution in [1.29, 1.82) is 0 Å². The smallest absolute Gasteiger partial charge is 0.128 e. The van der Waals surface area contributed by atoms with Crippen LogP contribution in [-0.4, -0.2) is 23.1 Å². The lowest BCUT2D eigenvalue weighted by Crippen LogP contribution is -2.29. The van der Waals surface area contributed by atoms with Crippen LogP contribution in [0.1, 0.15) is 19.3 Å². The summed E-state index contributed by atoms with van der Waals surface area (Å²) in [7, 11) is 0. The first kappa shape index (κ1) is 14.2. The third-order valence-corrected chi connectivity index (χ3v) is 5.59. The SMILES string of the molecule is Brc1ccc2nc(-c3ccc(N4CCCCC4)nc3)sc2c1. The van der Waals surface area contributed by atoms with Gasteiger partial charge in [0.2, 0.25) is 0 Å². The van der Waals surface area contributed by atoms with Gasteiger partial charge in [-0.2, -0.15) is 0 Å². The van der Waals surface area contributed by atoms with Gasteiger partial charge in [-0.05, 0) is 49.6 Å². The first-order chi connectivity index (χ1) is 10.8. The zero-order valence-electron chi connectivity index (χ0n) is 12.1. The number of piperidine rings is 1. The number of hydrogen-bond acceptors (Lipinski definition) is 4. The standard InChI is InChI=1S/C17H16BrN3S/c18-13-5-6-14-15(10-13)22-17(20-14)12-4-7-16(19-11-12)21-8-2-1-3-9-21/h4-7,10-11H,1-3,8-9H2. The van der Waals surface area contributed by atoms with Crippen molar-refractivity contribution in [3.8, 4) is 10.6 Å². The summed E-state index contributed by atoms with van der Waals surface area (Å²) in [6.45, 7) is 2.25. The Balaban J connectivity index is 1.63. The normalized spacial score (nSPS) is 15.4. The van der Waals surface area contributed by atoms with Crippen LogP contribution >= 0.6 is 27.3 Å². The lowest BCUT2D eigenvalue weighted by atomic mass is 10.1. The molecule has 0 bridgehead atoms. The highest BCUT2D eigenvalue weighted by molar-refractivity contribution is 9.10. The van der Waals surface area contributed by atoms with E-state index < -0.39 is 0 Å². The average molecular weight is 374 g/mol. The van der Waals surface area contributed by atoms with E-state index in [4.69, 9.17) is 4.98 Å². The number of benzene rings is 1. The Kier molecular flexibility index (Phi) is 3.84. The lowest BCUT2D eigenvalue weighted by Gasteiger charge is -2.27. The summed E-state index contributed by atoms with van der Waals surface area (Å²) >= 11 is 5.22. The average Bonchev–Trinajstić information content (AvgIpc) is 2.99. The van der Waals surface area contributed by atoms with Crippen LogP contribution in [0.25, 0.3) is 20.8 Å². The van der Waals surface area contributed by atoms with E-state index in [2.05, 4.69) is 50.1 Å². The molecule has 0 radical (unpaired) electrons. The van der Waals surface area contributed by atoms with Crippen LogP contribution in [0.5, 0.6) is 0 Å². The van der Waals surface area contributed by atoms with Gasteiger partial charge in [0.1, 0.15) is 10.8 Å². The van der Waals surface area contributed by atoms with E-state index in [-0.39, 0.29) is 0 Å². The quantitative estimate of drug-likeness (QED) is 0.624. The zero-order valence-corrected chi connectivity index (χ0v) is 14.5. The van der Waals surface area contributed by atoms with E-state index in [9.17, 15) is 0 Å². The molecule has 0 aliphatic carbocycles. The Hall–Kier alpha value is -1.46. The van der Waals surface area contributed by atoms with Gasteiger partial charge in [-0.25, -0.2) is 9.97 Å². The molecule has 4 rings (SSSR count). The second-order valence-corrected chi connectivity index (χ2v) is 7.53. The molecule has 1 aromatic carbocycles. The van der Waals surface area contributed by atoms with Crippen molar-refractivity contribution < 1.29 is 0 Å². The van der Waals surface area contributed by atoms with Crippen LogP contribution in [0.4, 0.5) is 5.82 Å². The van der Waals surface area contributed by atoms with Crippen molar-refractivity contribution in [2.75, 3.05) is 18.0 Å². The van der Waals surface area contributed by atoms with Gasteiger partial charge >= 0.3 is 0 Å². The summed E-state index contributed by atoms with van der Waals surface area (Å²) in [5.74, 6) is 1.09. The summed E-state index contributed by atoms with van der Waals surface area (Å²) in [6.07, 6.45) is 5.85. The molecule has 5 heteroatoms. The van der Waals surface area contributed by atoms with Gasteiger partial charge in [-0.1, -0.05) is 15.9 Å². The fourth-order valence-corrected chi connectivity index (χ4v) is 4.35. The van der Waals surface area contributed by atoms with E-state index in [0.717, 1.165) is 39.5 Å². The molecule has 0 saturated carbocycles. The summed E-state index contributed by atoms with van der Waals surface area (Å²) in [4.78, 5) is 11.7. The van der Waals surface area contributed by atoms with Crippen LogP contribution < -0.4 is 4.90 Å². The third kappa shape index (κ3) is 2.75. The Morgan fingerprint density at radius 3 is 2.68 bits per heavy atom. The van der Waals surface area contributed by atoms with Gasteiger partial charge in [0.15, 0.2) is 0 Å². The number of aromatic nitrogens is 2. The molecule has 0 unspecified atom stereocenters. The predicted octanol–water partition coefficient (Wildman–Crippen LogP) is 5.11. The molecule has 22 heavy (non-hydrogen) atoms. The highest BCUT2D eigenvalue weighted by Gasteiger charge is 2.13. The van der Waals surface area contributed by atoms with Crippen molar-refractivity contribution >= 4 is 43.3 Å². The molecule has 3 aromatic rings. The minimum atomic E-state index is 1.03. The minimum Gasteiger partial charge on any atom is -0.357 e. The molecule has 1 aliphatic heterocycles. The molecule has 1 fully saturated rings. The van der Waals surface area contributed by atoms with Crippen molar-refractivity contribution in [1.82, 2.24) is 9.97 Å². The molecule has 1 aliphatic rings. The maximum absolute atomic E-state index is 4.71. The molecular weight excluding hydrogens is 358 g/mol. The van der Waals surface area contributed by atoms with Gasteiger partial charge in [0.05, 0.1) is 10.2 Å². The minimum absolute atomic E-state index is 1.03. The maximum Gasteiger partial charge on any atom is 0.128 e. The van der Waals surface area contributed by atoms with Crippen LogP contribution in [0.2, 0.25) is 0 Å². The fraction of sp³-hybridized carbons (Fsp3) is 0.294. The van der Waals surface area contributed by atoms with Crippen LogP contribution in [0.3, 0.4) is 0 Å². The molecule has 0 amide bonds. The number of rotatable bonds is 2. The van der Waals surface area contributed by atoms with Crippen LogP contribution in [0.15, 0.2) is 41.0 Å². The Morgan fingerprint density at radius 1 is 1.05 bits per heavy atom. The number of fused-ring (bicyclic) bond motifs is 1. The molecule has 112 valence electrons. The van der Waals surface area contributed by atoms with Crippen molar-refractivity contribution in [3.05, 3.63) is 41.0 Å². The second kappa shape index (κ2) is 5.97. The molecule has 3 heterocycles. The summed E-state index contributed by atoms with van der Waals surface area (Å²) in [5, 5.41) is 1.03. The van der Waals surface area contributed by atoms with Gasteiger partial charge in [0, 0.05) is 29.3 Å². The van der Waals surface area contributed by atoms with Gasteiger partial charge in [0.25, 0.3) is 0 Å². The molecule has 3 nitrogen and oxygen atoms in total.